The molecule has 0 radical (unpaired) electrons. The highest BCUT2D eigenvalue weighted by Crippen LogP contribution is 2.14. The Labute approximate surface area is 237 Å². The zero-order chi connectivity index (χ0) is 30.1. The zero-order valence-electron chi connectivity index (χ0n) is 24.8. The van der Waals surface area contributed by atoms with Crippen molar-refractivity contribution in [1.82, 2.24) is 15.6 Å². The number of hydrogen-bond donors (Lipinski definition) is 3. The third-order valence-electron chi connectivity index (χ3n) is 5.54. The van der Waals surface area contributed by atoms with E-state index in [1.807, 2.05) is 6.20 Å². The Hall–Kier alpha value is -3.95. The van der Waals surface area contributed by atoms with E-state index >= 15 is 0 Å². The summed E-state index contributed by atoms with van der Waals surface area (Å²) in [6, 6.07) is 7.48. The number of benzene rings is 1. The van der Waals surface area contributed by atoms with Crippen LogP contribution in [0.3, 0.4) is 0 Å². The average Bonchev–Trinajstić information content (AvgIpc) is 3.51. The van der Waals surface area contributed by atoms with Crippen molar-refractivity contribution in [1.29, 1.82) is 0 Å². The Morgan fingerprint density at radius 2 is 1.68 bits per heavy atom. The molecule has 0 fully saturated rings. The molecule has 1 unspecified atom stereocenters. The highest BCUT2D eigenvalue weighted by atomic mass is 16.5. The second-order valence-electron chi connectivity index (χ2n) is 9.23. The van der Waals surface area contributed by atoms with Gasteiger partial charge < -0.3 is 25.1 Å². The summed E-state index contributed by atoms with van der Waals surface area (Å²) in [5.74, 6) is -2.05. The molecule has 0 spiro atoms. The first kappa shape index (κ1) is 34.1. The van der Waals surface area contributed by atoms with E-state index in [0.29, 0.717) is 17.8 Å². The number of carbonyl (C=O) groups is 4. The molecule has 3 N–H and O–H groups in total. The maximum atomic E-state index is 12.2. The van der Waals surface area contributed by atoms with Crippen molar-refractivity contribution < 1.29 is 28.7 Å². The van der Waals surface area contributed by atoms with Gasteiger partial charge in [-0.15, -0.1) is 0 Å². The topological polar surface area (TPSA) is 139 Å². The molecule has 10 nitrogen and oxygen atoms in total. The van der Waals surface area contributed by atoms with Crippen LogP contribution in [0.5, 0.6) is 0 Å². The fraction of sp³-hybridized carbons (Fsp3) is 0.500. The van der Waals surface area contributed by atoms with Crippen LogP contribution in [0.25, 0.3) is 10.9 Å². The molecule has 40 heavy (non-hydrogen) atoms. The van der Waals surface area contributed by atoms with Crippen LogP contribution in [0.4, 0.5) is 0 Å². The molecular weight excluding hydrogens is 512 g/mol. The summed E-state index contributed by atoms with van der Waals surface area (Å²) in [5, 5.41) is 6.28. The summed E-state index contributed by atoms with van der Waals surface area (Å²) in [7, 11) is 0. The lowest BCUT2D eigenvalue weighted by Gasteiger charge is -2.17. The van der Waals surface area contributed by atoms with Gasteiger partial charge in [0.2, 0.25) is 5.91 Å². The Bertz CT molecular complexity index is 1200. The maximum absolute atomic E-state index is 12.2. The number of aryl methyl sites for hydroxylation is 1. The van der Waals surface area contributed by atoms with Gasteiger partial charge in [-0.25, -0.2) is 4.79 Å². The van der Waals surface area contributed by atoms with Crippen molar-refractivity contribution in [3.8, 4) is 0 Å². The van der Waals surface area contributed by atoms with Crippen LogP contribution in [0, 0.1) is 6.92 Å². The number of hydrogen-bond acceptors (Lipinski definition) is 7. The molecule has 1 aromatic carbocycles. The first-order valence-electron chi connectivity index (χ1n) is 13.7. The zero-order valence-corrected chi connectivity index (χ0v) is 24.8. The third-order valence-corrected chi connectivity index (χ3v) is 5.54. The first-order chi connectivity index (χ1) is 19.1. The maximum Gasteiger partial charge on any atom is 0.328 e. The lowest BCUT2D eigenvalue weighted by atomic mass is 10.1. The van der Waals surface area contributed by atoms with Crippen LogP contribution >= 0.6 is 0 Å². The van der Waals surface area contributed by atoms with Gasteiger partial charge in [0.05, 0.1) is 31.9 Å². The SMILES string of the molecule is CCC.CCOC(=O)CCC(NC(=O)CNC(=O)C1=C(C)CN=C1C)C(=O)OCC.Cc1ccc2cc[nH]c2c1. The van der Waals surface area contributed by atoms with E-state index in [1.165, 1.54) is 22.9 Å². The third kappa shape index (κ3) is 11.8. The number of ether oxygens (including phenoxy) is 2. The van der Waals surface area contributed by atoms with Crippen molar-refractivity contribution in [3.63, 3.8) is 0 Å². The molecule has 1 aromatic heterocycles. The summed E-state index contributed by atoms with van der Waals surface area (Å²) in [4.78, 5) is 55.1. The van der Waals surface area contributed by atoms with Gasteiger partial charge in [0, 0.05) is 23.8 Å². The number of fused-ring (bicyclic) bond motifs is 1. The molecule has 2 heterocycles. The molecule has 1 aliphatic rings. The molecule has 2 aromatic rings. The fourth-order valence-corrected chi connectivity index (χ4v) is 3.71. The van der Waals surface area contributed by atoms with Gasteiger partial charge in [-0.3, -0.25) is 19.4 Å². The predicted octanol–water partition coefficient (Wildman–Crippen LogP) is 4.18. The largest absolute Gasteiger partial charge is 0.466 e. The van der Waals surface area contributed by atoms with Gasteiger partial charge in [0.1, 0.15) is 6.04 Å². The van der Waals surface area contributed by atoms with Crippen molar-refractivity contribution in [2.45, 2.75) is 73.8 Å². The summed E-state index contributed by atoms with van der Waals surface area (Å²) >= 11 is 0. The van der Waals surface area contributed by atoms with Gasteiger partial charge in [-0.1, -0.05) is 32.4 Å². The normalized spacial score (nSPS) is 12.7. The van der Waals surface area contributed by atoms with E-state index < -0.39 is 23.9 Å². The number of aromatic nitrogens is 1. The van der Waals surface area contributed by atoms with Gasteiger partial charge in [-0.05, 0) is 69.7 Å². The molecular formula is C30H44N4O6. The molecule has 0 bridgehead atoms. The molecule has 10 heteroatoms. The number of nitrogens with zero attached hydrogens (tertiary/aromatic N) is 1. The summed E-state index contributed by atoms with van der Waals surface area (Å²) in [5.41, 5.74) is 4.47. The minimum atomic E-state index is -0.991. The number of amides is 2. The van der Waals surface area contributed by atoms with Crippen molar-refractivity contribution >= 4 is 40.4 Å². The van der Waals surface area contributed by atoms with Crippen LogP contribution in [-0.4, -0.2) is 66.8 Å². The van der Waals surface area contributed by atoms with Crippen molar-refractivity contribution in [2.75, 3.05) is 26.3 Å². The summed E-state index contributed by atoms with van der Waals surface area (Å²) < 4.78 is 9.73. The van der Waals surface area contributed by atoms with Crippen LogP contribution in [-0.2, 0) is 28.7 Å². The highest BCUT2D eigenvalue weighted by Gasteiger charge is 2.25. The Morgan fingerprint density at radius 3 is 2.27 bits per heavy atom. The summed E-state index contributed by atoms with van der Waals surface area (Å²) in [6.07, 6.45) is 3.23. The quantitative estimate of drug-likeness (QED) is 0.375. The van der Waals surface area contributed by atoms with Gasteiger partial charge >= 0.3 is 11.9 Å². The molecule has 0 saturated heterocycles. The molecule has 1 aliphatic heterocycles. The van der Waals surface area contributed by atoms with Crippen LogP contribution in [0.2, 0.25) is 0 Å². The van der Waals surface area contributed by atoms with E-state index in [0.717, 1.165) is 5.57 Å². The minimum Gasteiger partial charge on any atom is -0.466 e. The van der Waals surface area contributed by atoms with Crippen LogP contribution in [0.1, 0.15) is 66.4 Å². The monoisotopic (exact) mass is 556 g/mol. The second-order valence-corrected chi connectivity index (χ2v) is 9.23. The molecule has 220 valence electrons. The Balaban J connectivity index is 0.000000500. The number of carbonyl (C=O) groups excluding carboxylic acids is 4. The number of nitrogens with one attached hydrogen (secondary N) is 3. The van der Waals surface area contributed by atoms with Gasteiger partial charge in [-0.2, -0.15) is 0 Å². The molecule has 0 saturated carbocycles. The van der Waals surface area contributed by atoms with E-state index in [1.54, 1.807) is 27.7 Å². The fourth-order valence-electron chi connectivity index (χ4n) is 3.71. The Kier molecular flexibility index (Phi) is 15.6. The smallest absolute Gasteiger partial charge is 0.328 e. The average molecular weight is 557 g/mol. The van der Waals surface area contributed by atoms with E-state index in [-0.39, 0.29) is 38.5 Å². The second kappa shape index (κ2) is 18.4. The summed E-state index contributed by atoms with van der Waals surface area (Å²) in [6.45, 7) is 13.8. The number of rotatable bonds is 10. The lowest BCUT2D eigenvalue weighted by Crippen LogP contribution is -2.46. The van der Waals surface area contributed by atoms with Crippen molar-refractivity contribution in [3.05, 3.63) is 47.2 Å². The highest BCUT2D eigenvalue weighted by molar-refractivity contribution is 6.22. The molecule has 0 aliphatic carbocycles. The first-order valence-corrected chi connectivity index (χ1v) is 13.7. The molecule has 2 amide bonds. The van der Waals surface area contributed by atoms with Crippen molar-refractivity contribution in [2.24, 2.45) is 4.99 Å². The number of H-pyrrole nitrogens is 1. The van der Waals surface area contributed by atoms with E-state index in [9.17, 15) is 19.2 Å². The number of esters is 2. The van der Waals surface area contributed by atoms with E-state index in [4.69, 9.17) is 9.47 Å². The van der Waals surface area contributed by atoms with E-state index in [2.05, 4.69) is 65.6 Å². The van der Waals surface area contributed by atoms with Gasteiger partial charge in [0.15, 0.2) is 0 Å². The molecule has 3 rings (SSSR count). The van der Waals surface area contributed by atoms with Crippen LogP contribution in [0.15, 0.2) is 46.6 Å². The number of aliphatic imine (C=N–C) groups is 1. The molecule has 1 atom stereocenters. The predicted molar refractivity (Wildman–Crippen MR) is 157 cm³/mol. The van der Waals surface area contributed by atoms with Crippen LogP contribution < -0.4 is 10.6 Å². The minimum absolute atomic E-state index is 0.0360. The number of aromatic amines is 1. The lowest BCUT2D eigenvalue weighted by molar-refractivity contribution is -0.148. The standard InChI is InChI=1S/C18H27N3O6.C9H9N.C3H8/c1-5-26-15(23)8-7-13(18(25)27-6-2)21-14(22)10-20-17(24)16-11(3)9-19-12(16)4;1-7-2-3-8-4-5-10-9(8)6-7;1-3-2/h13H,5-10H2,1-4H3,(H,20,24)(H,21,22);2-6,10H,1H3;3H2,1-2H3. The Morgan fingerprint density at radius 1 is 1.00 bits per heavy atom. The van der Waals surface area contributed by atoms with Gasteiger partial charge in [0.25, 0.3) is 5.91 Å².